The number of amides is 2. The van der Waals surface area contributed by atoms with Crippen LogP contribution >= 0.6 is 0 Å². The van der Waals surface area contributed by atoms with Crippen molar-refractivity contribution in [2.24, 2.45) is 0 Å². The maximum Gasteiger partial charge on any atom is 0.268 e. The molecule has 2 aliphatic rings. The summed E-state index contributed by atoms with van der Waals surface area (Å²) in [6, 6.07) is 13.3. The number of hydrogen-bond donors (Lipinski definition) is 1. The molecule has 1 aromatic carbocycles. The lowest BCUT2D eigenvalue weighted by Crippen LogP contribution is -2.52. The summed E-state index contributed by atoms with van der Waals surface area (Å²) in [6.07, 6.45) is 7.33. The second-order valence-corrected chi connectivity index (χ2v) is 8.67. The average Bonchev–Trinajstić information content (AvgIpc) is 3.58. The molecule has 8 nitrogen and oxygen atoms in total. The van der Waals surface area contributed by atoms with Gasteiger partial charge in [-0.2, -0.15) is 0 Å². The van der Waals surface area contributed by atoms with Crippen LogP contribution in [0.4, 0.5) is 0 Å². The lowest BCUT2D eigenvalue weighted by atomic mass is 9.95. The molecule has 5 rings (SSSR count). The molecule has 3 aromatic rings. The molecule has 1 saturated carbocycles. The van der Waals surface area contributed by atoms with E-state index in [-0.39, 0.29) is 31.0 Å². The van der Waals surface area contributed by atoms with Crippen molar-refractivity contribution >= 4 is 11.8 Å². The first-order chi connectivity index (χ1) is 16.7. The van der Waals surface area contributed by atoms with Gasteiger partial charge in [-0.25, -0.2) is 0 Å². The number of furan rings is 2. The number of nitrogens with zero attached hydrogens (tertiary/aromatic N) is 1. The van der Waals surface area contributed by atoms with Crippen LogP contribution in [-0.2, 0) is 16.1 Å². The molecule has 1 aliphatic carbocycles. The highest BCUT2D eigenvalue weighted by atomic mass is 16.6. The fraction of sp³-hybridized carbons (Fsp3) is 0.385. The van der Waals surface area contributed by atoms with Crippen molar-refractivity contribution in [1.29, 1.82) is 0 Å². The Labute approximate surface area is 197 Å². The molecule has 1 fully saturated rings. The lowest BCUT2D eigenvalue weighted by molar-refractivity contribution is -0.150. The van der Waals surface area contributed by atoms with Crippen LogP contribution in [0.25, 0.3) is 0 Å². The van der Waals surface area contributed by atoms with Gasteiger partial charge in [0.15, 0.2) is 17.5 Å². The Morgan fingerprint density at radius 3 is 2.44 bits per heavy atom. The number of carbonyl (C=O) groups excluding carboxylic acids is 2. The molecule has 2 atom stereocenters. The number of nitrogens with one attached hydrogen (secondary N) is 1. The molecule has 1 N–H and O–H groups in total. The molecule has 0 unspecified atom stereocenters. The Kier molecular flexibility index (Phi) is 6.56. The van der Waals surface area contributed by atoms with Gasteiger partial charge in [-0.05, 0) is 49.2 Å². The fourth-order valence-corrected chi connectivity index (χ4v) is 4.59. The molecule has 34 heavy (non-hydrogen) atoms. The van der Waals surface area contributed by atoms with Crippen LogP contribution in [0, 0.1) is 0 Å². The lowest BCUT2D eigenvalue weighted by Gasteiger charge is -2.34. The first-order valence-corrected chi connectivity index (χ1v) is 11.7. The van der Waals surface area contributed by atoms with Crippen LogP contribution in [0.2, 0.25) is 0 Å². The van der Waals surface area contributed by atoms with Gasteiger partial charge in [-0.15, -0.1) is 0 Å². The van der Waals surface area contributed by atoms with Gasteiger partial charge in [-0.3, -0.25) is 9.59 Å². The smallest absolute Gasteiger partial charge is 0.268 e. The molecule has 0 bridgehead atoms. The first-order valence-electron chi connectivity index (χ1n) is 11.7. The Morgan fingerprint density at radius 2 is 1.71 bits per heavy atom. The summed E-state index contributed by atoms with van der Waals surface area (Å²) in [7, 11) is 0. The van der Waals surface area contributed by atoms with E-state index in [1.54, 1.807) is 42.7 Å². The molecular formula is C26H28N2O6. The monoisotopic (exact) mass is 464 g/mol. The van der Waals surface area contributed by atoms with E-state index in [0.717, 1.165) is 25.7 Å². The molecule has 1 aliphatic heterocycles. The number of ether oxygens (including phenoxy) is 2. The zero-order valence-electron chi connectivity index (χ0n) is 18.9. The summed E-state index contributed by atoms with van der Waals surface area (Å²) in [5.41, 5.74) is 0. The van der Waals surface area contributed by atoms with Crippen LogP contribution in [0.3, 0.4) is 0 Å². The Morgan fingerprint density at radius 1 is 0.941 bits per heavy atom. The van der Waals surface area contributed by atoms with Crippen molar-refractivity contribution in [3.8, 4) is 11.5 Å². The van der Waals surface area contributed by atoms with E-state index in [4.69, 9.17) is 18.3 Å². The van der Waals surface area contributed by atoms with Gasteiger partial charge in [0, 0.05) is 6.04 Å². The van der Waals surface area contributed by atoms with Crippen LogP contribution in [0.15, 0.2) is 69.9 Å². The molecular weight excluding hydrogens is 436 g/mol. The van der Waals surface area contributed by atoms with E-state index >= 15 is 0 Å². The van der Waals surface area contributed by atoms with Gasteiger partial charge in [0.1, 0.15) is 18.1 Å². The molecule has 8 heteroatoms. The third-order valence-electron chi connectivity index (χ3n) is 6.30. The summed E-state index contributed by atoms with van der Waals surface area (Å²) in [5, 5.41) is 3.15. The topological polar surface area (TPSA) is 94.2 Å². The molecule has 2 amide bonds. The van der Waals surface area contributed by atoms with Crippen molar-refractivity contribution in [1.82, 2.24) is 10.2 Å². The first kappa shape index (κ1) is 22.1. The van der Waals surface area contributed by atoms with Gasteiger partial charge >= 0.3 is 0 Å². The number of hydrogen-bond acceptors (Lipinski definition) is 6. The minimum Gasteiger partial charge on any atom is -0.485 e. The Balaban J connectivity index is 1.44. The highest BCUT2D eigenvalue weighted by molar-refractivity contribution is 5.90. The molecule has 0 spiro atoms. The van der Waals surface area contributed by atoms with Crippen molar-refractivity contribution in [2.45, 2.75) is 56.8 Å². The third-order valence-corrected chi connectivity index (χ3v) is 6.30. The van der Waals surface area contributed by atoms with Crippen molar-refractivity contribution < 1.29 is 27.9 Å². The summed E-state index contributed by atoms with van der Waals surface area (Å²) in [5.74, 6) is 1.34. The summed E-state index contributed by atoms with van der Waals surface area (Å²) >= 11 is 0. The van der Waals surface area contributed by atoms with Crippen LogP contribution in [0.5, 0.6) is 11.5 Å². The maximum absolute atomic E-state index is 13.8. The van der Waals surface area contributed by atoms with Gasteiger partial charge in [0.25, 0.3) is 11.8 Å². The maximum atomic E-state index is 13.8. The number of benzene rings is 1. The molecule has 178 valence electrons. The highest BCUT2D eigenvalue weighted by Gasteiger charge is 2.40. The Bertz CT molecular complexity index is 1090. The van der Waals surface area contributed by atoms with E-state index in [1.807, 2.05) is 12.1 Å². The SMILES string of the molecule is O=C(NC1CCCCC1)[C@H](c1ccco1)N(Cc1ccco1)C(=O)[C@H]1COc2ccccc2O1. The molecule has 0 radical (unpaired) electrons. The minimum absolute atomic E-state index is 0.0413. The summed E-state index contributed by atoms with van der Waals surface area (Å²) in [6.45, 7) is 0.121. The zero-order valence-corrected chi connectivity index (χ0v) is 18.9. The molecule has 0 saturated heterocycles. The number of carbonyl (C=O) groups is 2. The highest BCUT2D eigenvalue weighted by Crippen LogP contribution is 2.33. The number of para-hydroxylation sites is 2. The standard InChI is InChI=1S/C26H28N2O6/c29-25(27-18-8-2-1-3-9-18)24(22-13-7-15-32-22)28(16-19-10-6-14-31-19)26(30)23-17-33-20-11-4-5-12-21(20)34-23/h4-7,10-15,18,23-24H,1-3,8-9,16-17H2,(H,27,29)/t23-,24+/m1/s1. The summed E-state index contributed by atoms with van der Waals surface area (Å²) in [4.78, 5) is 28.9. The third kappa shape index (κ3) is 4.81. The zero-order chi connectivity index (χ0) is 23.3. The van der Waals surface area contributed by atoms with E-state index in [9.17, 15) is 9.59 Å². The predicted octanol–water partition coefficient (Wildman–Crippen LogP) is 4.23. The van der Waals surface area contributed by atoms with Crippen molar-refractivity contribution in [3.05, 3.63) is 72.6 Å². The van der Waals surface area contributed by atoms with Crippen LogP contribution in [0.1, 0.15) is 49.7 Å². The predicted molar refractivity (Wildman–Crippen MR) is 122 cm³/mol. The average molecular weight is 465 g/mol. The normalized spacial score (nSPS) is 18.8. The van der Waals surface area contributed by atoms with Crippen LogP contribution < -0.4 is 14.8 Å². The van der Waals surface area contributed by atoms with E-state index in [1.165, 1.54) is 17.6 Å². The largest absolute Gasteiger partial charge is 0.485 e. The fourth-order valence-electron chi connectivity index (χ4n) is 4.59. The molecule has 3 heterocycles. The van der Waals surface area contributed by atoms with Gasteiger partial charge in [-0.1, -0.05) is 31.4 Å². The quantitative estimate of drug-likeness (QED) is 0.562. The summed E-state index contributed by atoms with van der Waals surface area (Å²) < 4.78 is 22.9. The van der Waals surface area contributed by atoms with Gasteiger partial charge in [0.05, 0.1) is 19.1 Å². The van der Waals surface area contributed by atoms with Crippen molar-refractivity contribution in [2.75, 3.05) is 6.61 Å². The van der Waals surface area contributed by atoms with Gasteiger partial charge < -0.3 is 28.5 Å². The second kappa shape index (κ2) is 10.1. The number of fused-ring (bicyclic) bond motifs is 1. The minimum atomic E-state index is -0.977. The molecule has 2 aromatic heterocycles. The van der Waals surface area contributed by atoms with E-state index in [0.29, 0.717) is 23.0 Å². The van der Waals surface area contributed by atoms with E-state index in [2.05, 4.69) is 5.32 Å². The second-order valence-electron chi connectivity index (χ2n) is 8.67. The Hall–Kier alpha value is -3.68. The van der Waals surface area contributed by atoms with Gasteiger partial charge in [0.2, 0.25) is 6.10 Å². The van der Waals surface area contributed by atoms with Crippen LogP contribution in [-0.4, -0.2) is 35.5 Å². The van der Waals surface area contributed by atoms with E-state index < -0.39 is 12.1 Å². The van der Waals surface area contributed by atoms with Crippen molar-refractivity contribution in [3.63, 3.8) is 0 Å². The number of rotatable bonds is 7.